The Kier molecular flexibility index (Phi) is 11.2. The lowest BCUT2D eigenvalue weighted by Gasteiger charge is -2.36. The summed E-state index contributed by atoms with van der Waals surface area (Å²) in [6.07, 6.45) is 7.03. The maximum atomic E-state index is 12.9. The third-order valence-corrected chi connectivity index (χ3v) is 8.76. The van der Waals surface area contributed by atoms with Gasteiger partial charge in [-0.1, -0.05) is 38.0 Å². The van der Waals surface area contributed by atoms with Crippen LogP contribution in [0.5, 0.6) is 0 Å². The minimum atomic E-state index is -0.606. The Hall–Kier alpha value is -4.20. The highest BCUT2D eigenvalue weighted by Gasteiger charge is 2.39. The SMILES string of the molecule is CCCCCCNNC(=O)c1ccc(N2CCN(CCCC#Cc3ccc4c(c3)CN(C3CCC(=O)NC3=O)C4=O)CC2)cc1. The zero-order valence-electron chi connectivity index (χ0n) is 26.2. The fraction of sp³-hybridized carbons (Fsp3) is 0.486. The molecule has 10 nitrogen and oxygen atoms in total. The summed E-state index contributed by atoms with van der Waals surface area (Å²) in [7, 11) is 0. The Morgan fingerprint density at radius 1 is 0.978 bits per heavy atom. The van der Waals surface area contributed by atoms with Crippen molar-refractivity contribution in [3.63, 3.8) is 0 Å². The van der Waals surface area contributed by atoms with Gasteiger partial charge in [-0.3, -0.25) is 34.8 Å². The van der Waals surface area contributed by atoms with Crippen molar-refractivity contribution < 1.29 is 19.2 Å². The molecule has 4 amide bonds. The molecule has 0 aliphatic carbocycles. The smallest absolute Gasteiger partial charge is 0.265 e. The number of nitrogens with one attached hydrogen (secondary N) is 3. The standard InChI is InChI=1S/C35H44N6O4/c1-2-3-4-7-18-36-38-33(43)27-11-13-29(14-12-27)40-22-20-39(21-23-40)19-8-5-6-9-26-10-15-30-28(24-26)25-41(35(30)45)31-16-17-32(42)37-34(31)44/h10-15,24,31,36H,2-5,7-8,16-23,25H2,1H3,(H,38,43)(H,37,42,44). The number of benzene rings is 2. The molecular weight excluding hydrogens is 568 g/mol. The van der Waals surface area contributed by atoms with E-state index in [-0.39, 0.29) is 24.1 Å². The number of imide groups is 1. The number of anilines is 1. The Bertz CT molecular complexity index is 1440. The van der Waals surface area contributed by atoms with E-state index >= 15 is 0 Å². The number of hydrogen-bond donors (Lipinski definition) is 3. The van der Waals surface area contributed by atoms with Crippen LogP contribution in [0, 0.1) is 11.8 Å². The molecular formula is C35H44N6O4. The van der Waals surface area contributed by atoms with Crippen LogP contribution in [0.15, 0.2) is 42.5 Å². The van der Waals surface area contributed by atoms with Crippen molar-refractivity contribution in [2.24, 2.45) is 0 Å². The van der Waals surface area contributed by atoms with Crippen LogP contribution in [-0.4, -0.2) is 78.7 Å². The monoisotopic (exact) mass is 612 g/mol. The number of unbranched alkanes of at least 4 members (excludes halogenated alkanes) is 4. The first-order valence-corrected chi connectivity index (χ1v) is 16.3. The van der Waals surface area contributed by atoms with E-state index in [0.717, 1.165) is 75.3 Å². The van der Waals surface area contributed by atoms with Gasteiger partial charge >= 0.3 is 0 Å². The van der Waals surface area contributed by atoms with Crippen LogP contribution in [0.2, 0.25) is 0 Å². The summed E-state index contributed by atoms with van der Waals surface area (Å²) in [6, 6.07) is 12.8. The predicted molar refractivity (Wildman–Crippen MR) is 173 cm³/mol. The Balaban J connectivity index is 1.00. The number of nitrogens with zero attached hydrogens (tertiary/aromatic N) is 3. The van der Waals surface area contributed by atoms with E-state index in [1.807, 2.05) is 36.4 Å². The first-order valence-electron chi connectivity index (χ1n) is 16.3. The van der Waals surface area contributed by atoms with Gasteiger partial charge in [0, 0.05) is 74.5 Å². The minimum absolute atomic E-state index is 0.104. The van der Waals surface area contributed by atoms with Crippen LogP contribution in [0.25, 0.3) is 0 Å². The second-order valence-electron chi connectivity index (χ2n) is 12.0. The number of rotatable bonds is 12. The Morgan fingerprint density at radius 3 is 2.53 bits per heavy atom. The molecule has 238 valence electrons. The molecule has 3 aliphatic rings. The van der Waals surface area contributed by atoms with Gasteiger partial charge in [0.15, 0.2) is 0 Å². The molecule has 3 heterocycles. The molecule has 0 saturated carbocycles. The molecule has 0 radical (unpaired) electrons. The molecule has 10 heteroatoms. The average molecular weight is 613 g/mol. The van der Waals surface area contributed by atoms with Crippen molar-refractivity contribution >= 4 is 29.3 Å². The van der Waals surface area contributed by atoms with Crippen LogP contribution in [-0.2, 0) is 16.1 Å². The van der Waals surface area contributed by atoms with Gasteiger partial charge in [0.1, 0.15) is 6.04 Å². The lowest BCUT2D eigenvalue weighted by Crippen LogP contribution is -2.52. The molecule has 3 N–H and O–H groups in total. The van der Waals surface area contributed by atoms with Crippen molar-refractivity contribution in [2.75, 3.05) is 44.2 Å². The highest BCUT2D eigenvalue weighted by molar-refractivity contribution is 6.05. The van der Waals surface area contributed by atoms with Crippen molar-refractivity contribution in [1.29, 1.82) is 0 Å². The van der Waals surface area contributed by atoms with E-state index < -0.39 is 11.9 Å². The first-order chi connectivity index (χ1) is 21.9. The second kappa shape index (κ2) is 15.7. The summed E-state index contributed by atoms with van der Waals surface area (Å²) in [4.78, 5) is 55.4. The van der Waals surface area contributed by atoms with Crippen LogP contribution >= 0.6 is 0 Å². The van der Waals surface area contributed by atoms with Crippen LogP contribution in [0.1, 0.15) is 90.1 Å². The number of piperazine rings is 1. The van der Waals surface area contributed by atoms with Crippen molar-refractivity contribution in [3.05, 3.63) is 64.7 Å². The van der Waals surface area contributed by atoms with Crippen molar-refractivity contribution in [2.45, 2.75) is 70.9 Å². The van der Waals surface area contributed by atoms with E-state index in [4.69, 9.17) is 0 Å². The van der Waals surface area contributed by atoms with Crippen molar-refractivity contribution in [3.8, 4) is 11.8 Å². The number of hydrogen-bond acceptors (Lipinski definition) is 7. The molecule has 3 aliphatic heterocycles. The third kappa shape index (κ3) is 8.50. The lowest BCUT2D eigenvalue weighted by molar-refractivity contribution is -0.136. The maximum Gasteiger partial charge on any atom is 0.265 e. The predicted octanol–water partition coefficient (Wildman–Crippen LogP) is 3.22. The van der Waals surface area contributed by atoms with E-state index in [9.17, 15) is 19.2 Å². The normalized spacial score (nSPS) is 18.3. The van der Waals surface area contributed by atoms with Gasteiger partial charge in [0.25, 0.3) is 11.8 Å². The molecule has 5 rings (SSSR count). The highest BCUT2D eigenvalue weighted by atomic mass is 16.2. The Morgan fingerprint density at radius 2 is 1.78 bits per heavy atom. The number of fused-ring (bicyclic) bond motifs is 1. The summed E-state index contributed by atoms with van der Waals surface area (Å²) in [5.41, 5.74) is 9.95. The number of piperidine rings is 1. The summed E-state index contributed by atoms with van der Waals surface area (Å²) >= 11 is 0. The number of carbonyl (C=O) groups excluding carboxylic acids is 4. The fourth-order valence-corrected chi connectivity index (χ4v) is 6.12. The molecule has 2 saturated heterocycles. The molecule has 0 bridgehead atoms. The highest BCUT2D eigenvalue weighted by Crippen LogP contribution is 2.28. The van der Waals surface area contributed by atoms with E-state index in [1.165, 1.54) is 19.3 Å². The van der Waals surface area contributed by atoms with Gasteiger partial charge in [-0.2, -0.15) is 0 Å². The van der Waals surface area contributed by atoms with Gasteiger partial charge in [0.05, 0.1) is 0 Å². The lowest BCUT2D eigenvalue weighted by atomic mass is 10.0. The molecule has 2 aromatic carbocycles. The summed E-state index contributed by atoms with van der Waals surface area (Å²) in [5.74, 6) is 5.56. The number of hydrazine groups is 1. The summed E-state index contributed by atoms with van der Waals surface area (Å²) < 4.78 is 0. The summed E-state index contributed by atoms with van der Waals surface area (Å²) in [6.45, 7) is 8.18. The zero-order chi connectivity index (χ0) is 31.6. The number of amides is 4. The van der Waals surface area contributed by atoms with Crippen molar-refractivity contribution in [1.82, 2.24) is 26.0 Å². The maximum absolute atomic E-state index is 12.9. The molecule has 0 aromatic heterocycles. The molecule has 2 fully saturated rings. The van der Waals surface area contributed by atoms with Gasteiger partial charge < -0.3 is 9.80 Å². The van der Waals surface area contributed by atoms with E-state index in [1.54, 1.807) is 11.0 Å². The Labute approximate surface area is 265 Å². The van der Waals surface area contributed by atoms with E-state index in [2.05, 4.69) is 44.7 Å². The zero-order valence-corrected chi connectivity index (χ0v) is 26.2. The fourth-order valence-electron chi connectivity index (χ4n) is 6.12. The minimum Gasteiger partial charge on any atom is -0.369 e. The van der Waals surface area contributed by atoms with Crippen LogP contribution < -0.4 is 21.1 Å². The third-order valence-electron chi connectivity index (χ3n) is 8.76. The average Bonchev–Trinajstić information content (AvgIpc) is 3.37. The molecule has 0 spiro atoms. The van der Waals surface area contributed by atoms with Gasteiger partial charge in [-0.15, -0.1) is 0 Å². The molecule has 45 heavy (non-hydrogen) atoms. The topological polar surface area (TPSA) is 114 Å². The summed E-state index contributed by atoms with van der Waals surface area (Å²) in [5, 5.41) is 2.34. The first kappa shape index (κ1) is 32.2. The van der Waals surface area contributed by atoms with E-state index in [0.29, 0.717) is 24.1 Å². The second-order valence-corrected chi connectivity index (χ2v) is 12.0. The quantitative estimate of drug-likeness (QED) is 0.146. The van der Waals surface area contributed by atoms with Crippen LogP contribution in [0.4, 0.5) is 5.69 Å². The molecule has 1 atom stereocenters. The van der Waals surface area contributed by atoms with Crippen LogP contribution in [0.3, 0.4) is 0 Å². The largest absolute Gasteiger partial charge is 0.369 e. The van der Waals surface area contributed by atoms with Gasteiger partial charge in [-0.05, 0) is 73.8 Å². The van der Waals surface area contributed by atoms with Gasteiger partial charge in [0.2, 0.25) is 11.8 Å². The van der Waals surface area contributed by atoms with Gasteiger partial charge in [-0.25, -0.2) is 5.43 Å². The molecule has 1 unspecified atom stereocenters. The molecule has 2 aromatic rings. The number of carbonyl (C=O) groups is 4.